The molecule has 1 spiro atoms. The number of amides is 2. The van der Waals surface area contributed by atoms with E-state index in [0.29, 0.717) is 5.75 Å². The molecule has 0 saturated carbocycles. The summed E-state index contributed by atoms with van der Waals surface area (Å²) in [7, 11) is 0. The third-order valence-corrected chi connectivity index (χ3v) is 6.21. The maximum absolute atomic E-state index is 12.9. The lowest BCUT2D eigenvalue weighted by molar-refractivity contribution is -0.122. The van der Waals surface area contributed by atoms with Crippen LogP contribution in [0.2, 0.25) is 0 Å². The van der Waals surface area contributed by atoms with Gasteiger partial charge in [-0.3, -0.25) is 14.5 Å². The van der Waals surface area contributed by atoms with E-state index in [1.165, 1.54) is 17.3 Å². The van der Waals surface area contributed by atoms with Crippen LogP contribution in [-0.2, 0) is 19.9 Å². The van der Waals surface area contributed by atoms with Crippen molar-refractivity contribution in [3.8, 4) is 0 Å². The lowest BCUT2D eigenvalue weighted by atomic mass is 9.87. The number of rotatable bonds is 1. The first kappa shape index (κ1) is 16.2. The summed E-state index contributed by atoms with van der Waals surface area (Å²) in [6.07, 6.45) is 0. The quantitative estimate of drug-likeness (QED) is 0.848. The molecule has 0 aliphatic carbocycles. The van der Waals surface area contributed by atoms with Crippen molar-refractivity contribution in [1.29, 1.82) is 0 Å². The van der Waals surface area contributed by atoms with Gasteiger partial charge in [0, 0.05) is 16.9 Å². The minimum absolute atomic E-state index is 0.0390. The van der Waals surface area contributed by atoms with Crippen LogP contribution in [0.1, 0.15) is 31.9 Å². The molecule has 2 aliphatic heterocycles. The molecule has 0 radical (unpaired) electrons. The molecule has 1 atom stereocenters. The predicted octanol–water partition coefficient (Wildman–Crippen LogP) is 3.87. The second kappa shape index (κ2) is 5.36. The fourth-order valence-electron chi connectivity index (χ4n) is 3.49. The number of benzene rings is 2. The van der Waals surface area contributed by atoms with Crippen LogP contribution in [0.15, 0.2) is 48.5 Å². The van der Waals surface area contributed by atoms with E-state index in [4.69, 9.17) is 0 Å². The molecular weight excluding hydrogens is 332 g/mol. The Morgan fingerprint density at radius 1 is 1.04 bits per heavy atom. The van der Waals surface area contributed by atoms with Gasteiger partial charge in [-0.15, -0.1) is 11.8 Å². The van der Waals surface area contributed by atoms with Crippen molar-refractivity contribution < 1.29 is 9.59 Å². The molecule has 0 bridgehead atoms. The smallest absolute Gasteiger partial charge is 0.266 e. The first-order valence-corrected chi connectivity index (χ1v) is 9.31. The van der Waals surface area contributed by atoms with E-state index in [9.17, 15) is 9.59 Å². The highest BCUT2D eigenvalue weighted by molar-refractivity contribution is 8.02. The monoisotopic (exact) mass is 352 g/mol. The number of anilines is 2. The number of carbonyl (C=O) groups is 2. The molecule has 1 saturated heterocycles. The van der Waals surface area contributed by atoms with Gasteiger partial charge in [-0.2, -0.15) is 0 Å². The van der Waals surface area contributed by atoms with Crippen LogP contribution >= 0.6 is 11.8 Å². The third-order valence-electron chi connectivity index (χ3n) is 4.81. The van der Waals surface area contributed by atoms with E-state index < -0.39 is 4.87 Å². The molecule has 1 fully saturated rings. The standard InChI is InChI=1S/C20H20N2O2S/c1-19(2,3)13-8-10-14(11-9-13)22-17(23)12-25-20(22)15-6-4-5-7-16(15)21-18(20)24/h4-11H,12H2,1-3H3,(H,21,24). The van der Waals surface area contributed by atoms with Gasteiger partial charge >= 0.3 is 0 Å². The highest BCUT2D eigenvalue weighted by Crippen LogP contribution is 2.53. The minimum atomic E-state index is -1.00. The van der Waals surface area contributed by atoms with E-state index in [2.05, 4.69) is 26.1 Å². The van der Waals surface area contributed by atoms with Crippen molar-refractivity contribution in [3.63, 3.8) is 0 Å². The average Bonchev–Trinajstić information content (AvgIpc) is 3.06. The Balaban J connectivity index is 1.83. The highest BCUT2D eigenvalue weighted by Gasteiger charge is 2.58. The average molecular weight is 352 g/mol. The summed E-state index contributed by atoms with van der Waals surface area (Å²) >= 11 is 1.39. The lowest BCUT2D eigenvalue weighted by Crippen LogP contribution is -2.47. The molecule has 1 unspecified atom stereocenters. The van der Waals surface area contributed by atoms with Gasteiger partial charge in [-0.05, 0) is 29.2 Å². The third kappa shape index (κ3) is 2.29. The Bertz CT molecular complexity index is 870. The zero-order chi connectivity index (χ0) is 17.8. The Hall–Kier alpha value is -2.27. The number of carbonyl (C=O) groups excluding carboxylic acids is 2. The van der Waals surface area contributed by atoms with Gasteiger partial charge in [0.25, 0.3) is 5.91 Å². The van der Waals surface area contributed by atoms with Gasteiger partial charge in [0.1, 0.15) is 0 Å². The van der Waals surface area contributed by atoms with E-state index >= 15 is 0 Å². The number of fused-ring (bicyclic) bond motifs is 2. The van der Waals surface area contributed by atoms with Gasteiger partial charge in [0.15, 0.2) is 0 Å². The van der Waals surface area contributed by atoms with E-state index in [1.54, 1.807) is 4.90 Å². The Labute approximate surface area is 151 Å². The first-order valence-electron chi connectivity index (χ1n) is 8.32. The van der Waals surface area contributed by atoms with E-state index in [-0.39, 0.29) is 17.2 Å². The molecular formula is C20H20N2O2S. The summed E-state index contributed by atoms with van der Waals surface area (Å²) in [5, 5.41) is 2.93. The van der Waals surface area contributed by atoms with Crippen molar-refractivity contribution in [2.45, 2.75) is 31.1 Å². The zero-order valence-corrected chi connectivity index (χ0v) is 15.3. The summed E-state index contributed by atoms with van der Waals surface area (Å²) in [4.78, 5) is 26.2. The largest absolute Gasteiger partial charge is 0.323 e. The number of para-hydroxylation sites is 1. The molecule has 5 heteroatoms. The fourth-order valence-corrected chi connectivity index (χ4v) is 4.80. The number of nitrogens with one attached hydrogen (secondary N) is 1. The number of nitrogens with zero attached hydrogens (tertiary/aromatic N) is 1. The van der Waals surface area contributed by atoms with Crippen molar-refractivity contribution >= 4 is 35.0 Å². The number of hydrogen-bond acceptors (Lipinski definition) is 3. The van der Waals surface area contributed by atoms with Gasteiger partial charge in [-0.1, -0.05) is 51.1 Å². The van der Waals surface area contributed by atoms with Gasteiger partial charge in [0.2, 0.25) is 10.8 Å². The first-order chi connectivity index (χ1) is 11.8. The van der Waals surface area contributed by atoms with Crippen molar-refractivity contribution in [1.82, 2.24) is 0 Å². The molecule has 128 valence electrons. The lowest BCUT2D eigenvalue weighted by Gasteiger charge is -2.32. The Morgan fingerprint density at radius 3 is 2.40 bits per heavy atom. The van der Waals surface area contributed by atoms with Crippen molar-refractivity contribution in [3.05, 3.63) is 59.7 Å². The van der Waals surface area contributed by atoms with Crippen LogP contribution in [0.4, 0.5) is 11.4 Å². The summed E-state index contributed by atoms with van der Waals surface area (Å²) in [5.41, 5.74) is 3.63. The van der Waals surface area contributed by atoms with Crippen molar-refractivity contribution in [2.24, 2.45) is 0 Å². The van der Waals surface area contributed by atoms with E-state index in [1.807, 2.05) is 48.5 Å². The van der Waals surface area contributed by atoms with E-state index in [0.717, 1.165) is 16.9 Å². The summed E-state index contributed by atoms with van der Waals surface area (Å²) in [5.74, 6) is 0.104. The molecule has 2 aliphatic rings. The maximum Gasteiger partial charge on any atom is 0.266 e. The molecule has 2 aromatic carbocycles. The topological polar surface area (TPSA) is 49.4 Å². The molecule has 0 aromatic heterocycles. The summed E-state index contributed by atoms with van der Waals surface area (Å²) in [6.45, 7) is 6.46. The Morgan fingerprint density at radius 2 is 1.72 bits per heavy atom. The van der Waals surface area contributed by atoms with Crippen LogP contribution in [0.3, 0.4) is 0 Å². The second-order valence-corrected chi connectivity index (χ2v) is 8.63. The normalized spacial score (nSPS) is 22.4. The predicted molar refractivity (Wildman–Crippen MR) is 102 cm³/mol. The van der Waals surface area contributed by atoms with Gasteiger partial charge < -0.3 is 5.32 Å². The minimum Gasteiger partial charge on any atom is -0.323 e. The van der Waals surface area contributed by atoms with Crippen LogP contribution in [-0.4, -0.2) is 17.6 Å². The molecule has 1 N–H and O–H groups in total. The van der Waals surface area contributed by atoms with Crippen LogP contribution < -0.4 is 10.2 Å². The van der Waals surface area contributed by atoms with Crippen LogP contribution in [0.5, 0.6) is 0 Å². The summed E-state index contributed by atoms with van der Waals surface area (Å²) in [6, 6.07) is 15.6. The SMILES string of the molecule is CC(C)(C)c1ccc(N2C(=O)CSC23C(=O)Nc2ccccc23)cc1. The molecule has 2 heterocycles. The maximum atomic E-state index is 12.9. The molecule has 25 heavy (non-hydrogen) atoms. The Kier molecular flexibility index (Phi) is 3.48. The van der Waals surface area contributed by atoms with Crippen molar-refractivity contribution in [2.75, 3.05) is 16.0 Å². The summed E-state index contributed by atoms with van der Waals surface area (Å²) < 4.78 is 0. The molecule has 4 rings (SSSR count). The fraction of sp³-hybridized carbons (Fsp3) is 0.300. The van der Waals surface area contributed by atoms with Crippen LogP contribution in [0, 0.1) is 0 Å². The molecule has 2 aromatic rings. The highest BCUT2D eigenvalue weighted by atomic mass is 32.2. The number of thioether (sulfide) groups is 1. The van der Waals surface area contributed by atoms with Crippen LogP contribution in [0.25, 0.3) is 0 Å². The zero-order valence-electron chi connectivity index (χ0n) is 14.5. The number of hydrogen-bond donors (Lipinski definition) is 1. The van der Waals surface area contributed by atoms with Gasteiger partial charge in [0.05, 0.1) is 5.75 Å². The molecule has 4 nitrogen and oxygen atoms in total. The molecule has 2 amide bonds. The second-order valence-electron chi connectivity index (χ2n) is 7.46. The van der Waals surface area contributed by atoms with Gasteiger partial charge in [-0.25, -0.2) is 0 Å².